The predicted molar refractivity (Wildman–Crippen MR) is 66.3 cm³/mol. The molecule has 0 N–H and O–H groups in total. The third kappa shape index (κ3) is 2.28. The number of aromatic nitrogens is 1. The van der Waals surface area contributed by atoms with Crippen molar-refractivity contribution in [2.24, 2.45) is 0 Å². The number of thiazole rings is 1. The Kier molecular flexibility index (Phi) is 3.32. The molecule has 2 aliphatic rings. The highest BCUT2D eigenvalue weighted by Gasteiger charge is 2.39. The molecule has 5 nitrogen and oxygen atoms in total. The number of ether oxygens (including phenoxy) is 2. The quantitative estimate of drug-likeness (QED) is 0.755. The molecule has 1 aromatic rings. The maximum absolute atomic E-state index is 11.8. The van der Waals surface area contributed by atoms with Crippen LogP contribution in [0.3, 0.4) is 0 Å². The summed E-state index contributed by atoms with van der Waals surface area (Å²) in [6, 6.07) is -0.105. The minimum absolute atomic E-state index is 0.0116. The van der Waals surface area contributed by atoms with Crippen molar-refractivity contribution in [2.75, 3.05) is 19.7 Å². The summed E-state index contributed by atoms with van der Waals surface area (Å²) in [6.07, 6.45) is 2.59. The Labute approximate surface area is 110 Å². The number of rotatable bonds is 2. The van der Waals surface area contributed by atoms with Crippen LogP contribution in [0.5, 0.6) is 0 Å². The van der Waals surface area contributed by atoms with Crippen molar-refractivity contribution < 1.29 is 14.3 Å². The van der Waals surface area contributed by atoms with Gasteiger partial charge in [-0.05, 0) is 6.92 Å². The van der Waals surface area contributed by atoms with Crippen molar-refractivity contribution in [3.05, 3.63) is 16.6 Å². The van der Waals surface area contributed by atoms with Crippen LogP contribution in [0.25, 0.3) is 0 Å². The van der Waals surface area contributed by atoms with Gasteiger partial charge in [0.2, 0.25) is 0 Å². The summed E-state index contributed by atoms with van der Waals surface area (Å²) in [7, 11) is 0. The third-order valence-corrected chi connectivity index (χ3v) is 4.28. The first kappa shape index (κ1) is 12.1. The van der Waals surface area contributed by atoms with Gasteiger partial charge in [-0.3, -0.25) is 9.69 Å². The average Bonchev–Trinajstić information content (AvgIpc) is 2.99. The molecule has 0 aromatic carbocycles. The normalized spacial score (nSPS) is 33.6. The SMILES string of the molecule is C[C@@H]1C[C@H](N2CCO[C@@H](c3nccs3)C2)C(=O)O1. The summed E-state index contributed by atoms with van der Waals surface area (Å²) in [5.74, 6) is -0.0951. The summed E-state index contributed by atoms with van der Waals surface area (Å²) in [5, 5.41) is 2.93. The molecule has 3 rings (SSSR count). The van der Waals surface area contributed by atoms with Crippen molar-refractivity contribution in [1.82, 2.24) is 9.88 Å². The molecule has 2 aliphatic heterocycles. The summed E-state index contributed by atoms with van der Waals surface area (Å²) >= 11 is 1.60. The number of cyclic esters (lactones) is 1. The molecule has 0 saturated carbocycles. The monoisotopic (exact) mass is 268 g/mol. The second-order valence-electron chi connectivity index (χ2n) is 4.72. The lowest BCUT2D eigenvalue weighted by atomic mass is 10.1. The number of carbonyl (C=O) groups excluding carboxylic acids is 1. The van der Waals surface area contributed by atoms with Crippen LogP contribution in [0.2, 0.25) is 0 Å². The Morgan fingerprint density at radius 1 is 1.56 bits per heavy atom. The second kappa shape index (κ2) is 4.95. The van der Waals surface area contributed by atoms with Crippen molar-refractivity contribution in [2.45, 2.75) is 31.6 Å². The number of nitrogens with zero attached hydrogens (tertiary/aromatic N) is 2. The van der Waals surface area contributed by atoms with Crippen LogP contribution in [-0.4, -0.2) is 47.7 Å². The van der Waals surface area contributed by atoms with Gasteiger partial charge in [0.1, 0.15) is 23.3 Å². The number of hydrogen-bond acceptors (Lipinski definition) is 6. The van der Waals surface area contributed by atoms with Crippen LogP contribution in [-0.2, 0) is 14.3 Å². The molecule has 0 aliphatic carbocycles. The summed E-state index contributed by atoms with van der Waals surface area (Å²) in [6.45, 7) is 4.09. The first-order valence-corrected chi connectivity index (χ1v) is 7.07. The molecule has 2 fully saturated rings. The van der Waals surface area contributed by atoms with E-state index in [0.29, 0.717) is 6.61 Å². The molecular formula is C12H16N2O3S. The van der Waals surface area contributed by atoms with Gasteiger partial charge in [0.15, 0.2) is 0 Å². The first-order valence-electron chi connectivity index (χ1n) is 6.19. The first-order chi connectivity index (χ1) is 8.74. The van der Waals surface area contributed by atoms with Crippen LogP contribution in [0.4, 0.5) is 0 Å². The summed E-state index contributed by atoms with van der Waals surface area (Å²) in [5.41, 5.74) is 0. The second-order valence-corrected chi connectivity index (χ2v) is 5.65. The van der Waals surface area contributed by atoms with Gasteiger partial charge >= 0.3 is 5.97 Å². The molecule has 0 spiro atoms. The van der Waals surface area contributed by atoms with Gasteiger partial charge in [0.25, 0.3) is 0 Å². The Bertz CT molecular complexity index is 423. The zero-order valence-corrected chi connectivity index (χ0v) is 11.1. The van der Waals surface area contributed by atoms with E-state index in [1.807, 2.05) is 12.3 Å². The number of hydrogen-bond donors (Lipinski definition) is 0. The Balaban J connectivity index is 1.69. The number of esters is 1. The van der Waals surface area contributed by atoms with Gasteiger partial charge in [0, 0.05) is 31.1 Å². The molecule has 3 heterocycles. The summed E-state index contributed by atoms with van der Waals surface area (Å²) < 4.78 is 10.9. The van der Waals surface area contributed by atoms with E-state index in [2.05, 4.69) is 9.88 Å². The van der Waals surface area contributed by atoms with Crippen molar-refractivity contribution in [1.29, 1.82) is 0 Å². The topological polar surface area (TPSA) is 51.7 Å². The van der Waals surface area contributed by atoms with Gasteiger partial charge in [-0.15, -0.1) is 11.3 Å². The molecule has 0 amide bonds. The van der Waals surface area contributed by atoms with Crippen molar-refractivity contribution in [3.8, 4) is 0 Å². The predicted octanol–water partition coefficient (Wildman–Crippen LogP) is 1.22. The fraction of sp³-hybridized carbons (Fsp3) is 0.667. The van der Waals surface area contributed by atoms with E-state index in [1.54, 1.807) is 17.5 Å². The molecule has 98 valence electrons. The molecular weight excluding hydrogens is 252 g/mol. The number of morpholine rings is 1. The highest BCUT2D eigenvalue weighted by molar-refractivity contribution is 7.09. The fourth-order valence-corrected chi connectivity index (χ4v) is 3.21. The summed E-state index contributed by atoms with van der Waals surface area (Å²) in [4.78, 5) is 18.2. The van der Waals surface area contributed by atoms with Crippen LogP contribution in [0.1, 0.15) is 24.5 Å². The van der Waals surface area contributed by atoms with E-state index in [4.69, 9.17) is 9.47 Å². The Morgan fingerprint density at radius 2 is 2.44 bits per heavy atom. The molecule has 18 heavy (non-hydrogen) atoms. The van der Waals surface area contributed by atoms with E-state index >= 15 is 0 Å². The lowest BCUT2D eigenvalue weighted by Gasteiger charge is -2.34. The van der Waals surface area contributed by atoms with E-state index < -0.39 is 0 Å². The minimum atomic E-state index is -0.105. The fourth-order valence-electron chi connectivity index (χ4n) is 2.53. The van der Waals surface area contributed by atoms with Crippen LogP contribution >= 0.6 is 11.3 Å². The Hall–Kier alpha value is -0.980. The van der Waals surface area contributed by atoms with E-state index in [1.165, 1.54) is 0 Å². The van der Waals surface area contributed by atoms with Gasteiger partial charge in [-0.25, -0.2) is 4.98 Å². The van der Waals surface area contributed by atoms with Gasteiger partial charge in [-0.2, -0.15) is 0 Å². The van der Waals surface area contributed by atoms with Gasteiger partial charge in [0.05, 0.1) is 6.61 Å². The van der Waals surface area contributed by atoms with E-state index in [-0.39, 0.29) is 24.2 Å². The maximum Gasteiger partial charge on any atom is 0.323 e. The van der Waals surface area contributed by atoms with Crippen LogP contribution in [0, 0.1) is 0 Å². The number of carbonyl (C=O) groups is 1. The zero-order chi connectivity index (χ0) is 12.5. The lowest BCUT2D eigenvalue weighted by Crippen LogP contribution is -2.46. The van der Waals surface area contributed by atoms with Crippen LogP contribution < -0.4 is 0 Å². The van der Waals surface area contributed by atoms with Crippen molar-refractivity contribution >= 4 is 17.3 Å². The Morgan fingerprint density at radius 3 is 3.11 bits per heavy atom. The minimum Gasteiger partial charge on any atom is -0.461 e. The van der Waals surface area contributed by atoms with Gasteiger partial charge in [-0.1, -0.05) is 0 Å². The molecule has 2 saturated heterocycles. The van der Waals surface area contributed by atoms with Crippen LogP contribution in [0.15, 0.2) is 11.6 Å². The molecule has 0 unspecified atom stereocenters. The lowest BCUT2D eigenvalue weighted by molar-refractivity contribution is -0.147. The molecule has 6 heteroatoms. The molecule has 0 radical (unpaired) electrons. The average molecular weight is 268 g/mol. The highest BCUT2D eigenvalue weighted by Crippen LogP contribution is 2.28. The zero-order valence-electron chi connectivity index (χ0n) is 10.2. The van der Waals surface area contributed by atoms with Gasteiger partial charge < -0.3 is 9.47 Å². The molecule has 3 atom stereocenters. The largest absolute Gasteiger partial charge is 0.461 e. The molecule has 0 bridgehead atoms. The highest BCUT2D eigenvalue weighted by atomic mass is 32.1. The van der Waals surface area contributed by atoms with Crippen molar-refractivity contribution in [3.63, 3.8) is 0 Å². The van der Waals surface area contributed by atoms with E-state index in [9.17, 15) is 4.79 Å². The van der Waals surface area contributed by atoms with E-state index in [0.717, 1.165) is 24.5 Å². The maximum atomic E-state index is 11.8. The molecule has 1 aromatic heterocycles. The standard InChI is InChI=1S/C12H16N2O3S/c1-8-6-9(12(15)17-8)14-3-4-16-10(7-14)11-13-2-5-18-11/h2,5,8-10H,3-4,6-7H2,1H3/t8-,9+,10-/m1/s1. The smallest absolute Gasteiger partial charge is 0.323 e. The third-order valence-electron chi connectivity index (χ3n) is 3.41.